The molecule has 1 amide bonds. The molecule has 4 rings (SSSR count). The molecule has 6 nitrogen and oxygen atoms in total. The number of hydrogen-bond donors (Lipinski definition) is 1. The van der Waals surface area contributed by atoms with Crippen molar-refractivity contribution >= 4 is 23.3 Å². The number of nitrogens with zero attached hydrogens (tertiary/aromatic N) is 2. The van der Waals surface area contributed by atoms with E-state index in [4.69, 9.17) is 21.1 Å². The minimum absolute atomic E-state index is 0.247. The zero-order valence-electron chi connectivity index (χ0n) is 18.4. The van der Waals surface area contributed by atoms with E-state index in [0.717, 1.165) is 11.1 Å². The van der Waals surface area contributed by atoms with Gasteiger partial charge in [-0.3, -0.25) is 9.48 Å². The van der Waals surface area contributed by atoms with E-state index in [0.29, 0.717) is 34.4 Å². The molecule has 33 heavy (non-hydrogen) atoms. The third-order valence-corrected chi connectivity index (χ3v) is 5.35. The molecule has 0 aliphatic rings. The van der Waals surface area contributed by atoms with Crippen LogP contribution in [0.1, 0.15) is 27.0 Å². The molecular formula is C26H24ClN3O3. The number of methoxy groups -OCH3 is 1. The van der Waals surface area contributed by atoms with E-state index in [-0.39, 0.29) is 12.5 Å². The Balaban J connectivity index is 1.42. The number of rotatable bonds is 8. The van der Waals surface area contributed by atoms with Crippen LogP contribution >= 0.6 is 11.6 Å². The highest BCUT2D eigenvalue weighted by Crippen LogP contribution is 2.23. The molecule has 0 atom stereocenters. The molecule has 0 bridgehead atoms. The summed E-state index contributed by atoms with van der Waals surface area (Å²) in [6.07, 6.45) is 1.84. The predicted molar refractivity (Wildman–Crippen MR) is 129 cm³/mol. The highest BCUT2D eigenvalue weighted by atomic mass is 35.5. The van der Waals surface area contributed by atoms with Crippen molar-refractivity contribution in [2.45, 2.75) is 20.1 Å². The number of nitrogens with one attached hydrogen (secondary N) is 1. The second kappa shape index (κ2) is 10.2. The maximum Gasteiger partial charge on any atom is 0.256 e. The van der Waals surface area contributed by atoms with Gasteiger partial charge in [-0.1, -0.05) is 41.4 Å². The zero-order chi connectivity index (χ0) is 23.2. The third-order valence-electron chi connectivity index (χ3n) is 5.10. The van der Waals surface area contributed by atoms with Crippen molar-refractivity contribution in [3.8, 4) is 11.5 Å². The Bertz CT molecular complexity index is 1230. The summed E-state index contributed by atoms with van der Waals surface area (Å²) in [5.41, 5.74) is 3.59. The molecule has 0 saturated heterocycles. The topological polar surface area (TPSA) is 65.4 Å². The van der Waals surface area contributed by atoms with Gasteiger partial charge in [0.15, 0.2) is 5.82 Å². The van der Waals surface area contributed by atoms with Gasteiger partial charge in [-0.15, -0.1) is 0 Å². The van der Waals surface area contributed by atoms with Crippen molar-refractivity contribution in [2.75, 3.05) is 12.4 Å². The molecule has 0 aliphatic carbocycles. The van der Waals surface area contributed by atoms with Crippen molar-refractivity contribution in [3.63, 3.8) is 0 Å². The van der Waals surface area contributed by atoms with Crippen LogP contribution in [0.5, 0.6) is 11.5 Å². The van der Waals surface area contributed by atoms with Gasteiger partial charge in [0.1, 0.15) is 18.1 Å². The van der Waals surface area contributed by atoms with E-state index in [9.17, 15) is 4.79 Å². The fourth-order valence-corrected chi connectivity index (χ4v) is 3.44. The van der Waals surface area contributed by atoms with Gasteiger partial charge in [-0.05, 0) is 55.0 Å². The number of anilines is 1. The Labute approximate surface area is 197 Å². The maximum absolute atomic E-state index is 12.8. The fourth-order valence-electron chi connectivity index (χ4n) is 3.31. The molecule has 3 aromatic carbocycles. The third kappa shape index (κ3) is 5.93. The number of benzene rings is 3. The number of halogens is 1. The molecule has 1 heterocycles. The first-order chi connectivity index (χ1) is 16.0. The lowest BCUT2D eigenvalue weighted by Gasteiger charge is -2.12. The van der Waals surface area contributed by atoms with Crippen molar-refractivity contribution in [2.24, 2.45) is 0 Å². The highest BCUT2D eigenvalue weighted by Gasteiger charge is 2.13. The van der Waals surface area contributed by atoms with Crippen LogP contribution in [0.2, 0.25) is 5.02 Å². The quantitative estimate of drug-likeness (QED) is 0.363. The molecule has 0 radical (unpaired) electrons. The summed E-state index contributed by atoms with van der Waals surface area (Å²) in [6.45, 7) is 2.93. The molecular weight excluding hydrogens is 438 g/mol. The molecule has 1 aromatic heterocycles. The predicted octanol–water partition coefficient (Wildman–Crippen LogP) is 5.73. The summed E-state index contributed by atoms with van der Waals surface area (Å²) >= 11 is 5.92. The van der Waals surface area contributed by atoms with Crippen LogP contribution in [-0.2, 0) is 13.2 Å². The summed E-state index contributed by atoms with van der Waals surface area (Å²) in [7, 11) is 1.58. The normalized spacial score (nSPS) is 10.6. The number of hydrogen-bond acceptors (Lipinski definition) is 4. The SMILES string of the molecule is COc1ccc(C(=O)Nc2ccn(Cc3ccc(C)cc3)n2)cc1COc1ccc(Cl)cc1. The van der Waals surface area contributed by atoms with Gasteiger partial charge >= 0.3 is 0 Å². The highest BCUT2D eigenvalue weighted by molar-refractivity contribution is 6.30. The van der Waals surface area contributed by atoms with Crippen LogP contribution in [0, 0.1) is 6.92 Å². The Hall–Kier alpha value is -3.77. The first-order valence-electron chi connectivity index (χ1n) is 10.5. The number of carbonyl (C=O) groups excluding carboxylic acids is 1. The standard InChI is InChI=1S/C26H24ClN3O3/c1-18-3-5-19(6-4-18)16-30-14-13-25(29-30)28-26(31)20-7-12-24(32-2)21(15-20)17-33-23-10-8-22(27)9-11-23/h3-15H,16-17H2,1-2H3,(H,28,29,31). The van der Waals surface area contributed by atoms with Gasteiger partial charge in [-0.2, -0.15) is 5.10 Å². The van der Waals surface area contributed by atoms with Crippen molar-refractivity contribution in [3.05, 3.63) is 106 Å². The number of aryl methyl sites for hydroxylation is 1. The molecule has 1 N–H and O–H groups in total. The zero-order valence-corrected chi connectivity index (χ0v) is 19.2. The van der Waals surface area contributed by atoms with E-state index in [1.807, 2.05) is 6.20 Å². The first-order valence-corrected chi connectivity index (χ1v) is 10.8. The van der Waals surface area contributed by atoms with Crippen LogP contribution in [0.4, 0.5) is 5.82 Å². The molecule has 0 fully saturated rings. The monoisotopic (exact) mass is 461 g/mol. The summed E-state index contributed by atoms with van der Waals surface area (Å²) in [5, 5.41) is 7.95. The van der Waals surface area contributed by atoms with Crippen molar-refractivity contribution in [1.29, 1.82) is 0 Å². The number of amides is 1. The largest absolute Gasteiger partial charge is 0.496 e. The minimum atomic E-state index is -0.258. The van der Waals surface area contributed by atoms with Gasteiger partial charge in [0.2, 0.25) is 0 Å². The van der Waals surface area contributed by atoms with Gasteiger partial charge < -0.3 is 14.8 Å². The Kier molecular flexibility index (Phi) is 6.95. The Morgan fingerprint density at radius 3 is 2.52 bits per heavy atom. The summed E-state index contributed by atoms with van der Waals surface area (Å²) in [5.74, 6) is 1.55. The van der Waals surface area contributed by atoms with E-state index in [2.05, 4.69) is 41.6 Å². The van der Waals surface area contributed by atoms with E-state index in [1.54, 1.807) is 60.3 Å². The molecule has 0 aliphatic heterocycles. The van der Waals surface area contributed by atoms with Gasteiger partial charge in [0.25, 0.3) is 5.91 Å². The average molecular weight is 462 g/mol. The second-order valence-corrected chi connectivity index (χ2v) is 8.04. The lowest BCUT2D eigenvalue weighted by atomic mass is 10.1. The number of ether oxygens (including phenoxy) is 2. The molecule has 0 unspecified atom stereocenters. The lowest BCUT2D eigenvalue weighted by molar-refractivity contribution is 0.102. The molecule has 168 valence electrons. The molecule has 0 saturated carbocycles. The van der Waals surface area contributed by atoms with E-state index >= 15 is 0 Å². The van der Waals surface area contributed by atoms with Crippen LogP contribution < -0.4 is 14.8 Å². The van der Waals surface area contributed by atoms with E-state index in [1.165, 1.54) is 5.56 Å². The second-order valence-electron chi connectivity index (χ2n) is 7.61. The van der Waals surface area contributed by atoms with Crippen LogP contribution in [0.3, 0.4) is 0 Å². The van der Waals surface area contributed by atoms with Gasteiger partial charge in [0, 0.05) is 28.4 Å². The smallest absolute Gasteiger partial charge is 0.256 e. The molecule has 7 heteroatoms. The fraction of sp³-hybridized carbons (Fsp3) is 0.154. The van der Waals surface area contributed by atoms with Crippen molar-refractivity contribution in [1.82, 2.24) is 9.78 Å². The molecule has 0 spiro atoms. The summed E-state index contributed by atoms with van der Waals surface area (Å²) in [4.78, 5) is 12.8. The molecule has 4 aromatic rings. The lowest BCUT2D eigenvalue weighted by Crippen LogP contribution is -2.14. The van der Waals surface area contributed by atoms with Gasteiger partial charge in [-0.25, -0.2) is 0 Å². The van der Waals surface area contributed by atoms with Crippen LogP contribution in [0.25, 0.3) is 0 Å². The van der Waals surface area contributed by atoms with Crippen LogP contribution in [-0.4, -0.2) is 22.8 Å². The minimum Gasteiger partial charge on any atom is -0.496 e. The average Bonchev–Trinajstić information content (AvgIpc) is 3.26. The number of carbonyl (C=O) groups is 1. The van der Waals surface area contributed by atoms with Crippen molar-refractivity contribution < 1.29 is 14.3 Å². The Morgan fingerprint density at radius 2 is 1.79 bits per heavy atom. The first kappa shape index (κ1) is 22.4. The Morgan fingerprint density at radius 1 is 1.03 bits per heavy atom. The summed E-state index contributed by atoms with van der Waals surface area (Å²) < 4.78 is 13.0. The number of aromatic nitrogens is 2. The maximum atomic E-state index is 12.8. The van der Waals surface area contributed by atoms with Gasteiger partial charge in [0.05, 0.1) is 13.7 Å². The summed E-state index contributed by atoms with van der Waals surface area (Å²) in [6, 6.07) is 22.4. The van der Waals surface area contributed by atoms with E-state index < -0.39 is 0 Å². The van der Waals surface area contributed by atoms with Crippen LogP contribution in [0.15, 0.2) is 79.0 Å².